The van der Waals surface area contributed by atoms with Gasteiger partial charge in [-0.2, -0.15) is 0 Å². The maximum Gasteiger partial charge on any atom is 0.285 e. The van der Waals surface area contributed by atoms with Crippen LogP contribution in [-0.2, 0) is 6.54 Å². The van der Waals surface area contributed by atoms with Crippen LogP contribution in [0.25, 0.3) is 10.9 Å². The van der Waals surface area contributed by atoms with Crippen molar-refractivity contribution >= 4 is 22.5 Å². The number of aromatic nitrogens is 2. The van der Waals surface area contributed by atoms with Gasteiger partial charge in [-0.05, 0) is 32.0 Å². The molecule has 3 aromatic rings. The SMILES string of the molecule is CCN(Cc1nc2ccccc2c(=O)[nH]1)C(=O)c1cccc(C)c1[N+](=O)[O-]. The van der Waals surface area contributed by atoms with Gasteiger partial charge in [0.05, 0.1) is 22.4 Å². The van der Waals surface area contributed by atoms with E-state index >= 15 is 0 Å². The quantitative estimate of drug-likeness (QED) is 0.551. The minimum atomic E-state index is -0.549. The predicted molar refractivity (Wildman–Crippen MR) is 101 cm³/mol. The van der Waals surface area contributed by atoms with Crippen molar-refractivity contribution in [1.82, 2.24) is 14.9 Å². The van der Waals surface area contributed by atoms with Gasteiger partial charge in [0, 0.05) is 12.1 Å². The van der Waals surface area contributed by atoms with Crippen molar-refractivity contribution in [3.8, 4) is 0 Å². The largest absolute Gasteiger partial charge is 0.331 e. The fraction of sp³-hybridized carbons (Fsp3) is 0.211. The molecule has 0 bridgehead atoms. The number of aryl methyl sites for hydroxylation is 1. The molecular formula is C19H18N4O4. The molecule has 1 aromatic heterocycles. The fourth-order valence-corrected chi connectivity index (χ4v) is 2.96. The third-order valence-corrected chi connectivity index (χ3v) is 4.32. The highest BCUT2D eigenvalue weighted by molar-refractivity contribution is 5.98. The molecular weight excluding hydrogens is 348 g/mol. The Kier molecular flexibility index (Phi) is 4.98. The highest BCUT2D eigenvalue weighted by atomic mass is 16.6. The van der Waals surface area contributed by atoms with Crippen LogP contribution in [0.2, 0.25) is 0 Å². The lowest BCUT2D eigenvalue weighted by Gasteiger charge is -2.20. The molecule has 0 atom stereocenters. The van der Waals surface area contributed by atoms with E-state index in [1.165, 1.54) is 11.0 Å². The standard InChI is InChI=1S/C19H18N4O4/c1-3-22(19(25)14-9-6-7-12(2)17(14)23(26)27)11-16-20-15-10-5-4-8-13(15)18(24)21-16/h4-10H,3,11H2,1-2H3,(H,20,21,24). The fourth-order valence-electron chi connectivity index (χ4n) is 2.96. The molecule has 1 amide bonds. The van der Waals surface area contributed by atoms with Crippen LogP contribution < -0.4 is 5.56 Å². The van der Waals surface area contributed by atoms with Gasteiger partial charge < -0.3 is 9.88 Å². The number of hydrogen-bond donors (Lipinski definition) is 1. The molecule has 0 spiro atoms. The zero-order valence-corrected chi connectivity index (χ0v) is 14.9. The molecule has 0 saturated carbocycles. The lowest BCUT2D eigenvalue weighted by molar-refractivity contribution is -0.385. The summed E-state index contributed by atoms with van der Waals surface area (Å²) in [7, 11) is 0. The smallest absolute Gasteiger partial charge is 0.285 e. The summed E-state index contributed by atoms with van der Waals surface area (Å²) in [6.45, 7) is 3.70. The van der Waals surface area contributed by atoms with Crippen LogP contribution in [0, 0.1) is 17.0 Å². The molecule has 0 unspecified atom stereocenters. The van der Waals surface area contributed by atoms with E-state index in [4.69, 9.17) is 0 Å². The molecule has 138 valence electrons. The molecule has 2 aromatic carbocycles. The third-order valence-electron chi connectivity index (χ3n) is 4.32. The topological polar surface area (TPSA) is 109 Å². The number of rotatable bonds is 5. The van der Waals surface area contributed by atoms with Crippen molar-refractivity contribution in [1.29, 1.82) is 0 Å². The minimum absolute atomic E-state index is 0.0185. The lowest BCUT2D eigenvalue weighted by atomic mass is 10.1. The first-order chi connectivity index (χ1) is 12.9. The molecule has 1 heterocycles. The number of nitro benzene ring substituents is 1. The number of aromatic amines is 1. The maximum atomic E-state index is 12.9. The van der Waals surface area contributed by atoms with Crippen molar-refractivity contribution < 1.29 is 9.72 Å². The Hall–Kier alpha value is -3.55. The molecule has 0 aliphatic rings. The highest BCUT2D eigenvalue weighted by Crippen LogP contribution is 2.24. The van der Waals surface area contributed by atoms with Gasteiger partial charge in [-0.15, -0.1) is 0 Å². The molecule has 0 aliphatic carbocycles. The van der Waals surface area contributed by atoms with Gasteiger partial charge in [0.25, 0.3) is 17.2 Å². The molecule has 0 radical (unpaired) electrons. The summed E-state index contributed by atoms with van der Waals surface area (Å²) in [6, 6.07) is 11.6. The number of benzene rings is 2. The van der Waals surface area contributed by atoms with E-state index in [0.717, 1.165) is 0 Å². The Morgan fingerprint density at radius 3 is 2.67 bits per heavy atom. The van der Waals surface area contributed by atoms with Gasteiger partial charge in [0.2, 0.25) is 0 Å². The number of carbonyl (C=O) groups is 1. The number of fused-ring (bicyclic) bond motifs is 1. The molecule has 8 nitrogen and oxygen atoms in total. The van der Waals surface area contributed by atoms with Crippen LogP contribution in [0.15, 0.2) is 47.3 Å². The molecule has 0 aliphatic heterocycles. The number of nitrogens with zero attached hydrogens (tertiary/aromatic N) is 3. The predicted octanol–water partition coefficient (Wildman–Crippen LogP) is 2.80. The summed E-state index contributed by atoms with van der Waals surface area (Å²) in [4.78, 5) is 44.4. The Balaban J connectivity index is 1.97. The monoisotopic (exact) mass is 366 g/mol. The Morgan fingerprint density at radius 1 is 1.22 bits per heavy atom. The van der Waals surface area contributed by atoms with Gasteiger partial charge >= 0.3 is 0 Å². The second kappa shape index (κ2) is 7.36. The summed E-state index contributed by atoms with van der Waals surface area (Å²) in [5, 5.41) is 11.8. The van der Waals surface area contributed by atoms with Crippen molar-refractivity contribution in [3.05, 3.63) is 79.9 Å². The second-order valence-electron chi connectivity index (χ2n) is 6.08. The van der Waals surface area contributed by atoms with Crippen molar-refractivity contribution in [2.75, 3.05) is 6.54 Å². The maximum absolute atomic E-state index is 12.9. The van der Waals surface area contributed by atoms with E-state index in [1.807, 2.05) is 0 Å². The molecule has 27 heavy (non-hydrogen) atoms. The number of nitro groups is 1. The normalized spacial score (nSPS) is 10.7. The number of para-hydroxylation sites is 2. The summed E-state index contributed by atoms with van der Waals surface area (Å²) in [6.07, 6.45) is 0. The summed E-state index contributed by atoms with van der Waals surface area (Å²) in [5.41, 5.74) is 0.465. The van der Waals surface area contributed by atoms with Crippen molar-refractivity contribution in [2.24, 2.45) is 0 Å². The van der Waals surface area contributed by atoms with Crippen LogP contribution in [0.1, 0.15) is 28.7 Å². The van der Waals surface area contributed by atoms with Crippen LogP contribution >= 0.6 is 0 Å². The van der Waals surface area contributed by atoms with Crippen LogP contribution in [0.4, 0.5) is 5.69 Å². The molecule has 1 N–H and O–H groups in total. The molecule has 0 saturated heterocycles. The summed E-state index contributed by atoms with van der Waals surface area (Å²) < 4.78 is 0. The van der Waals surface area contributed by atoms with Crippen LogP contribution in [0.5, 0.6) is 0 Å². The first kappa shape index (κ1) is 18.2. The summed E-state index contributed by atoms with van der Waals surface area (Å²) in [5.74, 6) is -0.159. The first-order valence-corrected chi connectivity index (χ1v) is 8.43. The Morgan fingerprint density at radius 2 is 1.96 bits per heavy atom. The minimum Gasteiger partial charge on any atom is -0.331 e. The van der Waals surface area contributed by atoms with Gasteiger partial charge in [-0.1, -0.05) is 24.3 Å². The van der Waals surface area contributed by atoms with Crippen LogP contribution in [-0.4, -0.2) is 32.2 Å². The average Bonchev–Trinajstić information content (AvgIpc) is 2.65. The van der Waals surface area contributed by atoms with Gasteiger partial charge in [-0.25, -0.2) is 4.98 Å². The Bertz CT molecular complexity index is 1090. The van der Waals surface area contributed by atoms with E-state index in [-0.39, 0.29) is 23.4 Å². The lowest BCUT2D eigenvalue weighted by Crippen LogP contribution is -2.32. The number of nitrogens with one attached hydrogen (secondary N) is 1. The van der Waals surface area contributed by atoms with Gasteiger partial charge in [-0.3, -0.25) is 19.7 Å². The average molecular weight is 366 g/mol. The molecule has 3 rings (SSSR count). The number of H-pyrrole nitrogens is 1. The van der Waals surface area contributed by atoms with Crippen molar-refractivity contribution in [3.63, 3.8) is 0 Å². The third kappa shape index (κ3) is 3.55. The summed E-state index contributed by atoms with van der Waals surface area (Å²) >= 11 is 0. The van der Waals surface area contributed by atoms with E-state index in [0.29, 0.717) is 28.8 Å². The highest BCUT2D eigenvalue weighted by Gasteiger charge is 2.26. The van der Waals surface area contributed by atoms with E-state index in [2.05, 4.69) is 9.97 Å². The number of hydrogen-bond acceptors (Lipinski definition) is 5. The van der Waals surface area contributed by atoms with E-state index in [9.17, 15) is 19.7 Å². The van der Waals surface area contributed by atoms with Crippen molar-refractivity contribution in [2.45, 2.75) is 20.4 Å². The Labute approximate surface area is 154 Å². The molecule has 8 heteroatoms. The number of amides is 1. The van der Waals surface area contributed by atoms with Crippen LogP contribution in [0.3, 0.4) is 0 Å². The van der Waals surface area contributed by atoms with E-state index in [1.54, 1.807) is 50.2 Å². The second-order valence-corrected chi connectivity index (χ2v) is 6.08. The zero-order chi connectivity index (χ0) is 19.6. The first-order valence-electron chi connectivity index (χ1n) is 8.43. The zero-order valence-electron chi connectivity index (χ0n) is 14.9. The van der Waals surface area contributed by atoms with Gasteiger partial charge in [0.1, 0.15) is 11.4 Å². The molecule has 0 fully saturated rings. The van der Waals surface area contributed by atoms with E-state index < -0.39 is 10.8 Å². The van der Waals surface area contributed by atoms with Gasteiger partial charge in [0.15, 0.2) is 0 Å². The number of carbonyl (C=O) groups excluding carboxylic acids is 1.